The number of hydrogen-bond donors (Lipinski definition) is 2. The van der Waals surface area contributed by atoms with Crippen LogP contribution in [0.4, 0.5) is 0 Å². The number of rotatable bonds is 6. The van der Waals surface area contributed by atoms with E-state index < -0.39 is 0 Å². The van der Waals surface area contributed by atoms with E-state index in [1.165, 1.54) is 5.57 Å². The summed E-state index contributed by atoms with van der Waals surface area (Å²) in [5.41, 5.74) is 6.50. The largest absolute Gasteiger partial charge is 0.348 e. The molecule has 0 unspecified atom stereocenters. The van der Waals surface area contributed by atoms with Crippen molar-refractivity contribution >= 4 is 22.5 Å². The van der Waals surface area contributed by atoms with Gasteiger partial charge in [-0.3, -0.25) is 24.5 Å². The molecule has 4 heterocycles. The van der Waals surface area contributed by atoms with Gasteiger partial charge in [0.25, 0.3) is 11.5 Å². The summed E-state index contributed by atoms with van der Waals surface area (Å²) < 4.78 is 0. The van der Waals surface area contributed by atoms with Crippen molar-refractivity contribution in [2.75, 3.05) is 13.1 Å². The Kier molecular flexibility index (Phi) is 5.29. The standard InChI is InChI=1S/C27H29N5O2/c1-16-14-32(9-8-21(16)19-4-7-23(29-13-19)27(34)30-20-5-6-20)15-17-10-25-24(28-12-17)11-22(18-2-3-18)26(33)31-25/h4,7-8,10-13,16,18,20H,2-3,5-6,9,14-15H2,1H3,(H,30,34)(H,31,33)/t16-/m0/s1. The van der Waals surface area contributed by atoms with E-state index in [1.807, 2.05) is 30.6 Å². The van der Waals surface area contributed by atoms with Crippen molar-refractivity contribution in [1.82, 2.24) is 25.2 Å². The fourth-order valence-corrected chi connectivity index (χ4v) is 4.89. The number of aromatic amines is 1. The average Bonchev–Trinajstić information content (AvgIpc) is 3.74. The number of H-pyrrole nitrogens is 1. The highest BCUT2D eigenvalue weighted by atomic mass is 16.2. The third-order valence-corrected chi connectivity index (χ3v) is 7.08. The van der Waals surface area contributed by atoms with Crippen molar-refractivity contribution in [2.45, 2.75) is 51.1 Å². The number of hydrogen-bond acceptors (Lipinski definition) is 5. The molecule has 2 saturated carbocycles. The van der Waals surface area contributed by atoms with Crippen LogP contribution in [0.15, 0.2) is 47.5 Å². The van der Waals surface area contributed by atoms with E-state index in [4.69, 9.17) is 0 Å². The average molecular weight is 456 g/mol. The number of fused-ring (bicyclic) bond motifs is 1. The van der Waals surface area contributed by atoms with Crippen LogP contribution in [0.5, 0.6) is 0 Å². The Hall–Kier alpha value is -3.32. The summed E-state index contributed by atoms with van der Waals surface area (Å²) >= 11 is 0. The Bertz CT molecular complexity index is 1340. The molecular weight excluding hydrogens is 426 g/mol. The van der Waals surface area contributed by atoms with Crippen LogP contribution in [0, 0.1) is 5.92 Å². The summed E-state index contributed by atoms with van der Waals surface area (Å²) in [6, 6.07) is 8.18. The molecule has 3 aromatic heterocycles. The molecule has 7 heteroatoms. The van der Waals surface area contributed by atoms with Crippen LogP contribution in [0.3, 0.4) is 0 Å². The van der Waals surface area contributed by atoms with Crippen LogP contribution >= 0.6 is 0 Å². The molecule has 3 aromatic rings. The van der Waals surface area contributed by atoms with E-state index in [1.54, 1.807) is 0 Å². The third kappa shape index (κ3) is 4.40. The zero-order valence-corrected chi connectivity index (χ0v) is 19.4. The molecule has 2 N–H and O–H groups in total. The first-order valence-corrected chi connectivity index (χ1v) is 12.2. The Labute approximate surface area is 198 Å². The Morgan fingerprint density at radius 1 is 1.15 bits per heavy atom. The first-order chi connectivity index (χ1) is 16.5. The molecule has 0 spiro atoms. The van der Waals surface area contributed by atoms with Crippen LogP contribution in [0.1, 0.15) is 65.7 Å². The summed E-state index contributed by atoms with van der Waals surface area (Å²) in [4.78, 5) is 39.1. The molecule has 1 amide bonds. The lowest BCUT2D eigenvalue weighted by molar-refractivity contribution is 0.0946. The fourth-order valence-electron chi connectivity index (χ4n) is 4.89. The minimum absolute atomic E-state index is 0.0257. The van der Waals surface area contributed by atoms with Gasteiger partial charge in [-0.2, -0.15) is 0 Å². The molecule has 174 valence electrons. The maximum absolute atomic E-state index is 12.4. The zero-order valence-electron chi connectivity index (χ0n) is 19.4. The van der Waals surface area contributed by atoms with Crippen molar-refractivity contribution in [2.24, 2.45) is 5.92 Å². The Morgan fingerprint density at radius 3 is 2.71 bits per heavy atom. The maximum atomic E-state index is 12.4. The first kappa shape index (κ1) is 21.2. The van der Waals surface area contributed by atoms with Gasteiger partial charge in [0, 0.05) is 43.6 Å². The van der Waals surface area contributed by atoms with Crippen LogP contribution in [-0.4, -0.2) is 44.9 Å². The van der Waals surface area contributed by atoms with Crippen LogP contribution in [0.2, 0.25) is 0 Å². The van der Waals surface area contributed by atoms with Gasteiger partial charge in [0.05, 0.1) is 11.0 Å². The number of nitrogens with one attached hydrogen (secondary N) is 2. The highest BCUT2D eigenvalue weighted by Gasteiger charge is 2.27. The van der Waals surface area contributed by atoms with Gasteiger partial charge >= 0.3 is 0 Å². The highest BCUT2D eigenvalue weighted by molar-refractivity contribution is 5.92. The molecule has 0 radical (unpaired) electrons. The normalized spacial score (nSPS) is 20.9. The van der Waals surface area contributed by atoms with E-state index in [-0.39, 0.29) is 11.5 Å². The SMILES string of the molecule is C[C@H]1CN(Cc2cnc3cc(C4CC4)c(=O)[nH]c3c2)CC=C1c1ccc(C(=O)NC2CC2)nc1. The second-order valence-corrected chi connectivity index (χ2v) is 10.0. The molecule has 0 aromatic carbocycles. The van der Waals surface area contributed by atoms with Crippen molar-refractivity contribution in [1.29, 1.82) is 0 Å². The summed E-state index contributed by atoms with van der Waals surface area (Å²) in [6.07, 6.45) is 10.3. The van der Waals surface area contributed by atoms with Gasteiger partial charge in [0.2, 0.25) is 0 Å². The maximum Gasteiger partial charge on any atom is 0.270 e. The summed E-state index contributed by atoms with van der Waals surface area (Å²) in [5.74, 6) is 0.674. The number of carbonyl (C=O) groups excluding carboxylic acids is 1. The predicted molar refractivity (Wildman–Crippen MR) is 131 cm³/mol. The van der Waals surface area contributed by atoms with Gasteiger partial charge in [-0.25, -0.2) is 0 Å². The molecule has 2 fully saturated rings. The number of aromatic nitrogens is 3. The van der Waals surface area contributed by atoms with E-state index in [9.17, 15) is 9.59 Å². The van der Waals surface area contributed by atoms with Gasteiger partial charge < -0.3 is 10.3 Å². The second-order valence-electron chi connectivity index (χ2n) is 10.0. The van der Waals surface area contributed by atoms with Gasteiger partial charge in [0.1, 0.15) is 5.69 Å². The highest BCUT2D eigenvalue weighted by Crippen LogP contribution is 2.38. The summed E-state index contributed by atoms with van der Waals surface area (Å²) in [5, 5.41) is 2.98. The van der Waals surface area contributed by atoms with Crippen molar-refractivity contribution < 1.29 is 4.79 Å². The molecule has 0 bridgehead atoms. The second kappa shape index (κ2) is 8.47. The lowest BCUT2D eigenvalue weighted by atomic mass is 9.91. The number of pyridine rings is 3. The van der Waals surface area contributed by atoms with Crippen LogP contribution in [-0.2, 0) is 6.54 Å². The van der Waals surface area contributed by atoms with Crippen molar-refractivity contribution in [3.63, 3.8) is 0 Å². The third-order valence-electron chi connectivity index (χ3n) is 7.08. The lowest BCUT2D eigenvalue weighted by Gasteiger charge is -2.31. The van der Waals surface area contributed by atoms with Gasteiger partial charge in [-0.05, 0) is 72.4 Å². The molecule has 7 nitrogen and oxygen atoms in total. The van der Waals surface area contributed by atoms with Crippen molar-refractivity contribution in [3.8, 4) is 0 Å². The topological polar surface area (TPSA) is 91.0 Å². The Morgan fingerprint density at radius 2 is 2.00 bits per heavy atom. The molecule has 34 heavy (non-hydrogen) atoms. The van der Waals surface area contributed by atoms with Gasteiger partial charge in [-0.15, -0.1) is 0 Å². The lowest BCUT2D eigenvalue weighted by Crippen LogP contribution is -2.33. The van der Waals surface area contributed by atoms with E-state index in [0.717, 1.165) is 73.0 Å². The minimum atomic E-state index is -0.0833. The molecule has 1 atom stereocenters. The van der Waals surface area contributed by atoms with Crippen LogP contribution < -0.4 is 10.9 Å². The Balaban J connectivity index is 1.14. The molecular formula is C27H29N5O2. The van der Waals surface area contributed by atoms with E-state index >= 15 is 0 Å². The molecule has 3 aliphatic rings. The minimum Gasteiger partial charge on any atom is -0.348 e. The van der Waals surface area contributed by atoms with Crippen molar-refractivity contribution in [3.05, 3.63) is 75.5 Å². The van der Waals surface area contributed by atoms with Crippen LogP contribution in [0.25, 0.3) is 16.6 Å². The predicted octanol–water partition coefficient (Wildman–Crippen LogP) is 3.62. The zero-order chi connectivity index (χ0) is 23.2. The van der Waals surface area contributed by atoms with E-state index in [0.29, 0.717) is 23.6 Å². The molecule has 6 rings (SSSR count). The number of nitrogens with zero attached hydrogens (tertiary/aromatic N) is 3. The fraction of sp³-hybridized carbons (Fsp3) is 0.407. The number of carbonyl (C=O) groups is 1. The quantitative estimate of drug-likeness (QED) is 0.592. The summed E-state index contributed by atoms with van der Waals surface area (Å²) in [7, 11) is 0. The van der Waals surface area contributed by atoms with Gasteiger partial charge in [-0.1, -0.05) is 19.1 Å². The summed E-state index contributed by atoms with van der Waals surface area (Å²) in [6.45, 7) is 4.76. The monoisotopic (exact) mass is 455 g/mol. The number of amides is 1. The molecule has 1 aliphatic heterocycles. The molecule has 2 aliphatic carbocycles. The smallest absolute Gasteiger partial charge is 0.270 e. The van der Waals surface area contributed by atoms with E-state index in [2.05, 4.69) is 44.2 Å². The van der Waals surface area contributed by atoms with Gasteiger partial charge in [0.15, 0.2) is 0 Å². The molecule has 0 saturated heterocycles. The first-order valence-electron chi connectivity index (χ1n) is 12.2.